The summed E-state index contributed by atoms with van der Waals surface area (Å²) in [4.78, 5) is 33.1. The molecule has 9 nitrogen and oxygen atoms in total. The zero-order chi connectivity index (χ0) is 20.9. The molecule has 30 heavy (non-hydrogen) atoms. The second-order valence-electron chi connectivity index (χ2n) is 6.51. The predicted octanol–water partition coefficient (Wildman–Crippen LogP) is 2.55. The van der Waals surface area contributed by atoms with Gasteiger partial charge in [0.1, 0.15) is 0 Å². The van der Waals surface area contributed by atoms with Gasteiger partial charge in [-0.1, -0.05) is 6.07 Å². The molecule has 2 amide bonds. The van der Waals surface area contributed by atoms with Crippen molar-refractivity contribution in [3.8, 4) is 5.82 Å². The van der Waals surface area contributed by atoms with E-state index in [1.165, 1.54) is 0 Å². The highest BCUT2D eigenvalue weighted by Crippen LogP contribution is 2.14. The molecule has 0 atom stereocenters. The number of hydrogen-bond donors (Lipinski definition) is 2. The van der Waals surface area contributed by atoms with Crippen LogP contribution in [0.25, 0.3) is 5.82 Å². The van der Waals surface area contributed by atoms with Crippen molar-refractivity contribution in [2.45, 2.75) is 6.54 Å². The lowest BCUT2D eigenvalue weighted by Crippen LogP contribution is -2.28. The van der Waals surface area contributed by atoms with Gasteiger partial charge in [-0.2, -0.15) is 5.10 Å². The van der Waals surface area contributed by atoms with Gasteiger partial charge in [-0.3, -0.25) is 4.79 Å². The van der Waals surface area contributed by atoms with Gasteiger partial charge < -0.3 is 15.2 Å². The summed E-state index contributed by atoms with van der Waals surface area (Å²) < 4.78 is 3.31. The van der Waals surface area contributed by atoms with Gasteiger partial charge in [0.2, 0.25) is 5.78 Å². The number of carbonyl (C=O) groups is 2. The third kappa shape index (κ3) is 4.09. The van der Waals surface area contributed by atoms with Crippen molar-refractivity contribution in [1.82, 2.24) is 29.6 Å². The van der Waals surface area contributed by atoms with Gasteiger partial charge in [-0.05, 0) is 36.4 Å². The minimum absolute atomic E-state index is 0.179. The van der Waals surface area contributed by atoms with Gasteiger partial charge in [-0.15, -0.1) is 0 Å². The van der Waals surface area contributed by atoms with Crippen LogP contribution in [0.15, 0.2) is 73.4 Å². The summed E-state index contributed by atoms with van der Waals surface area (Å²) in [5, 5.41) is 9.74. The molecule has 0 aliphatic carbocycles. The van der Waals surface area contributed by atoms with Gasteiger partial charge in [-0.25, -0.2) is 19.4 Å². The monoisotopic (exact) mass is 401 g/mol. The molecule has 150 valence electrons. The van der Waals surface area contributed by atoms with Gasteiger partial charge in [0.25, 0.3) is 0 Å². The lowest BCUT2D eigenvalue weighted by Gasteiger charge is -2.11. The maximum atomic E-state index is 12.5. The van der Waals surface area contributed by atoms with Crippen molar-refractivity contribution >= 4 is 17.5 Å². The van der Waals surface area contributed by atoms with Crippen LogP contribution in [0.2, 0.25) is 0 Å². The number of hydrogen-bond acceptors (Lipinski definition) is 5. The second-order valence-corrected chi connectivity index (χ2v) is 6.51. The first-order chi connectivity index (χ1) is 14.6. The Morgan fingerprint density at radius 2 is 1.80 bits per heavy atom. The Balaban J connectivity index is 1.37. The lowest BCUT2D eigenvalue weighted by molar-refractivity contribution is 0.102. The fourth-order valence-electron chi connectivity index (χ4n) is 2.94. The first-order valence-corrected chi connectivity index (χ1v) is 9.22. The van der Waals surface area contributed by atoms with Crippen LogP contribution in [0, 0.1) is 0 Å². The van der Waals surface area contributed by atoms with Crippen LogP contribution in [-0.4, -0.2) is 36.1 Å². The summed E-state index contributed by atoms with van der Waals surface area (Å²) in [6.07, 6.45) is 8.43. The minimum atomic E-state index is -0.367. The predicted molar refractivity (Wildman–Crippen MR) is 110 cm³/mol. The molecule has 0 aliphatic rings. The SMILES string of the molecule is Cn1ccnc1C(=O)c1ccc(NC(=O)NCc2cccnc2-n2cccn2)cc1. The maximum Gasteiger partial charge on any atom is 0.319 e. The highest BCUT2D eigenvalue weighted by molar-refractivity contribution is 6.07. The van der Waals surface area contributed by atoms with Crippen LogP contribution < -0.4 is 10.6 Å². The molecule has 0 saturated heterocycles. The summed E-state index contributed by atoms with van der Waals surface area (Å²) in [5.41, 5.74) is 1.89. The van der Waals surface area contributed by atoms with Gasteiger partial charge >= 0.3 is 6.03 Å². The van der Waals surface area contributed by atoms with Gasteiger partial charge in [0.05, 0.1) is 0 Å². The third-order valence-electron chi connectivity index (χ3n) is 4.46. The zero-order valence-electron chi connectivity index (χ0n) is 16.2. The quantitative estimate of drug-likeness (QED) is 0.483. The number of urea groups is 1. The fourth-order valence-corrected chi connectivity index (χ4v) is 2.94. The van der Waals surface area contributed by atoms with Gasteiger partial charge in [0, 0.05) is 61.4 Å². The molecule has 0 radical (unpaired) electrons. The molecule has 9 heteroatoms. The minimum Gasteiger partial charge on any atom is -0.334 e. The molecule has 1 aromatic carbocycles. The van der Waals surface area contributed by atoms with Crippen molar-refractivity contribution < 1.29 is 9.59 Å². The number of ketones is 1. The van der Waals surface area contributed by atoms with Crippen molar-refractivity contribution in [3.63, 3.8) is 0 Å². The number of nitrogens with one attached hydrogen (secondary N) is 2. The fraction of sp³-hybridized carbons (Fsp3) is 0.0952. The highest BCUT2D eigenvalue weighted by atomic mass is 16.2. The standard InChI is InChI=1S/C21H19N7O2/c1-27-13-11-23-20(27)18(29)15-5-7-17(8-6-15)26-21(30)24-14-16-4-2-9-22-19(16)28-12-3-10-25-28/h2-13H,14H2,1H3,(H2,24,26,30). The summed E-state index contributed by atoms with van der Waals surface area (Å²) in [6, 6.07) is 11.8. The number of nitrogens with zero attached hydrogens (tertiary/aromatic N) is 5. The van der Waals surface area contributed by atoms with Crippen LogP contribution in [0.5, 0.6) is 0 Å². The van der Waals surface area contributed by atoms with Crippen LogP contribution in [0.4, 0.5) is 10.5 Å². The van der Waals surface area contributed by atoms with E-state index in [9.17, 15) is 9.59 Å². The van der Waals surface area contributed by atoms with Crippen LogP contribution >= 0.6 is 0 Å². The summed E-state index contributed by atoms with van der Waals surface area (Å²) >= 11 is 0. The van der Waals surface area contributed by atoms with E-state index in [2.05, 4.69) is 25.7 Å². The highest BCUT2D eigenvalue weighted by Gasteiger charge is 2.14. The Bertz CT molecular complexity index is 1160. The van der Waals surface area contributed by atoms with E-state index in [1.54, 1.807) is 83.7 Å². The molecule has 0 aliphatic heterocycles. The molecule has 3 heterocycles. The first-order valence-electron chi connectivity index (χ1n) is 9.22. The first kappa shape index (κ1) is 19.1. The van der Waals surface area contributed by atoms with Gasteiger partial charge in [0.15, 0.2) is 11.6 Å². The van der Waals surface area contributed by atoms with E-state index in [1.807, 2.05) is 6.07 Å². The average molecular weight is 401 g/mol. The van der Waals surface area contributed by atoms with E-state index >= 15 is 0 Å². The summed E-state index contributed by atoms with van der Waals surface area (Å²) in [7, 11) is 1.76. The Kier molecular flexibility index (Phi) is 5.33. The normalized spacial score (nSPS) is 10.6. The molecular formula is C21H19N7O2. The van der Waals surface area contributed by atoms with Crippen LogP contribution in [-0.2, 0) is 13.6 Å². The van der Waals surface area contributed by atoms with Crippen molar-refractivity contribution in [2.75, 3.05) is 5.32 Å². The number of pyridine rings is 1. The van der Waals surface area contributed by atoms with Crippen molar-refractivity contribution in [3.05, 3.63) is 90.4 Å². The largest absolute Gasteiger partial charge is 0.334 e. The number of aromatic nitrogens is 5. The Hall–Kier alpha value is -4.27. The van der Waals surface area contributed by atoms with Crippen LogP contribution in [0.1, 0.15) is 21.7 Å². The number of benzene rings is 1. The number of amides is 2. The topological polar surface area (TPSA) is 107 Å². The molecule has 4 aromatic rings. The Morgan fingerprint density at radius 1 is 0.967 bits per heavy atom. The molecule has 0 fully saturated rings. The average Bonchev–Trinajstić information content (AvgIpc) is 3.44. The van der Waals surface area contributed by atoms with Crippen molar-refractivity contribution in [2.24, 2.45) is 7.05 Å². The number of imidazole rings is 1. The maximum absolute atomic E-state index is 12.5. The number of aryl methyl sites for hydroxylation is 1. The van der Waals surface area contributed by atoms with E-state index in [4.69, 9.17) is 0 Å². The van der Waals surface area contributed by atoms with E-state index in [-0.39, 0.29) is 18.4 Å². The Labute approximate surface area is 172 Å². The number of anilines is 1. The molecule has 0 saturated carbocycles. The number of rotatable bonds is 6. The van der Waals surface area contributed by atoms with E-state index in [0.29, 0.717) is 22.9 Å². The summed E-state index contributed by atoms with van der Waals surface area (Å²) in [6.45, 7) is 0.282. The number of carbonyl (C=O) groups excluding carboxylic acids is 2. The molecule has 3 aromatic heterocycles. The lowest BCUT2D eigenvalue weighted by atomic mass is 10.1. The van der Waals surface area contributed by atoms with E-state index in [0.717, 1.165) is 5.56 Å². The zero-order valence-corrected chi connectivity index (χ0v) is 16.2. The summed E-state index contributed by atoms with van der Waals surface area (Å²) in [5.74, 6) is 0.832. The molecule has 2 N–H and O–H groups in total. The molecule has 0 unspecified atom stereocenters. The van der Waals surface area contributed by atoms with Crippen molar-refractivity contribution in [1.29, 1.82) is 0 Å². The molecule has 0 bridgehead atoms. The third-order valence-corrected chi connectivity index (χ3v) is 4.46. The van der Waals surface area contributed by atoms with E-state index < -0.39 is 0 Å². The molecule has 4 rings (SSSR count). The molecular weight excluding hydrogens is 382 g/mol. The Morgan fingerprint density at radius 3 is 2.50 bits per heavy atom. The smallest absolute Gasteiger partial charge is 0.319 e. The van der Waals surface area contributed by atoms with Crippen LogP contribution in [0.3, 0.4) is 0 Å². The second kappa shape index (κ2) is 8.39. The molecule has 0 spiro atoms.